The average molecular weight is 324 g/mol. The number of nitrogens with zero attached hydrogens (tertiary/aromatic N) is 2. The monoisotopic (exact) mass is 324 g/mol. The number of aliphatic hydroxyl groups excluding tert-OH is 1. The number of rotatable bonds is 6. The second kappa shape index (κ2) is 7.05. The summed E-state index contributed by atoms with van der Waals surface area (Å²) < 4.78 is 7.99. The molecule has 1 aromatic heterocycles. The summed E-state index contributed by atoms with van der Waals surface area (Å²) in [6.45, 7) is 7.28. The molecule has 0 saturated carbocycles. The number of aromatic nitrogens is 2. The molecule has 0 aliphatic rings. The van der Waals surface area contributed by atoms with E-state index in [9.17, 15) is 5.11 Å². The molecule has 0 bridgehead atoms. The fourth-order valence-electron chi connectivity index (χ4n) is 3.04. The van der Waals surface area contributed by atoms with Crippen molar-refractivity contribution in [1.29, 1.82) is 0 Å². The highest BCUT2D eigenvalue weighted by Gasteiger charge is 2.16. The Hall–Kier alpha value is -2.33. The van der Waals surface area contributed by atoms with E-state index in [0.717, 1.165) is 16.8 Å². The largest absolute Gasteiger partial charge is 0.492 e. The highest BCUT2D eigenvalue weighted by atomic mass is 16.5. The molecule has 0 spiro atoms. The Kier molecular flexibility index (Phi) is 4.86. The molecule has 24 heavy (non-hydrogen) atoms. The predicted octanol–water partition coefficient (Wildman–Crippen LogP) is 4.18. The number of fused-ring (bicyclic) bond motifs is 1. The minimum Gasteiger partial charge on any atom is -0.492 e. The van der Waals surface area contributed by atoms with Gasteiger partial charge in [0.1, 0.15) is 24.3 Å². The average Bonchev–Trinajstić information content (AvgIpc) is 2.92. The molecule has 1 heterocycles. The lowest BCUT2D eigenvalue weighted by Crippen LogP contribution is -2.13. The first-order chi connectivity index (χ1) is 11.6. The van der Waals surface area contributed by atoms with Gasteiger partial charge < -0.3 is 14.4 Å². The van der Waals surface area contributed by atoms with Gasteiger partial charge in [-0.15, -0.1) is 0 Å². The molecule has 0 aliphatic heterocycles. The van der Waals surface area contributed by atoms with Crippen molar-refractivity contribution in [1.82, 2.24) is 9.55 Å². The molecule has 3 rings (SSSR count). The molecule has 0 amide bonds. The van der Waals surface area contributed by atoms with Gasteiger partial charge in [-0.05, 0) is 55.7 Å². The molecule has 3 aromatic rings. The maximum Gasteiger partial charge on any atom is 0.138 e. The third kappa shape index (κ3) is 3.44. The van der Waals surface area contributed by atoms with E-state index in [0.29, 0.717) is 25.4 Å². The zero-order valence-electron chi connectivity index (χ0n) is 14.5. The van der Waals surface area contributed by atoms with Gasteiger partial charge in [-0.1, -0.05) is 25.1 Å². The van der Waals surface area contributed by atoms with Gasteiger partial charge in [0.05, 0.1) is 17.6 Å². The standard InChI is InChI=1S/C20H24N2O2/c1-4-19(23)20-21-17-7-5-6-8-18(17)22(20)9-10-24-16-12-14(2)11-15(3)13-16/h5-8,11-13,19,23H,4,9-10H2,1-3H3. The van der Waals surface area contributed by atoms with Crippen molar-refractivity contribution in [3.63, 3.8) is 0 Å². The summed E-state index contributed by atoms with van der Waals surface area (Å²) in [5, 5.41) is 10.3. The molecule has 0 saturated heterocycles. The summed E-state index contributed by atoms with van der Waals surface area (Å²) in [7, 11) is 0. The number of aryl methyl sites for hydroxylation is 2. The summed E-state index contributed by atoms with van der Waals surface area (Å²) >= 11 is 0. The van der Waals surface area contributed by atoms with Crippen molar-refractivity contribution in [3.05, 3.63) is 59.4 Å². The smallest absolute Gasteiger partial charge is 0.138 e. The fraction of sp³-hybridized carbons (Fsp3) is 0.350. The van der Waals surface area contributed by atoms with Crippen molar-refractivity contribution >= 4 is 11.0 Å². The molecule has 0 radical (unpaired) electrons. The highest BCUT2D eigenvalue weighted by molar-refractivity contribution is 5.76. The van der Waals surface area contributed by atoms with Crippen LogP contribution in [0.2, 0.25) is 0 Å². The minimum atomic E-state index is -0.557. The second-order valence-electron chi connectivity index (χ2n) is 6.21. The van der Waals surface area contributed by atoms with Crippen LogP contribution in [0, 0.1) is 13.8 Å². The van der Waals surface area contributed by atoms with E-state index in [2.05, 4.69) is 29.5 Å². The molecule has 1 N–H and O–H groups in total. The molecule has 1 atom stereocenters. The van der Waals surface area contributed by atoms with Crippen molar-refractivity contribution in [2.24, 2.45) is 0 Å². The van der Waals surface area contributed by atoms with Gasteiger partial charge in [-0.25, -0.2) is 4.98 Å². The summed E-state index contributed by atoms with van der Waals surface area (Å²) in [5.74, 6) is 1.59. The SMILES string of the molecule is CCC(O)c1nc2ccccc2n1CCOc1cc(C)cc(C)c1. The molecule has 0 aliphatic carbocycles. The van der Waals surface area contributed by atoms with Crippen LogP contribution in [0.4, 0.5) is 0 Å². The van der Waals surface area contributed by atoms with Crippen LogP contribution in [0.15, 0.2) is 42.5 Å². The Morgan fingerprint density at radius 1 is 1.12 bits per heavy atom. The zero-order valence-corrected chi connectivity index (χ0v) is 14.5. The third-order valence-corrected chi connectivity index (χ3v) is 4.15. The van der Waals surface area contributed by atoms with Gasteiger partial charge in [0.15, 0.2) is 0 Å². The summed E-state index contributed by atoms with van der Waals surface area (Å²) in [5.41, 5.74) is 4.33. The molecule has 1 unspecified atom stereocenters. The van der Waals surface area contributed by atoms with Crippen LogP contribution in [0.5, 0.6) is 5.75 Å². The maximum absolute atomic E-state index is 10.3. The summed E-state index contributed by atoms with van der Waals surface area (Å²) in [6, 6.07) is 14.2. The second-order valence-corrected chi connectivity index (χ2v) is 6.21. The van der Waals surface area contributed by atoms with Crippen LogP contribution >= 0.6 is 0 Å². The van der Waals surface area contributed by atoms with E-state index in [1.54, 1.807) is 0 Å². The van der Waals surface area contributed by atoms with Crippen LogP contribution in [0.3, 0.4) is 0 Å². The summed E-state index contributed by atoms with van der Waals surface area (Å²) in [6.07, 6.45) is 0.0833. The number of ether oxygens (including phenoxy) is 1. The molecular formula is C20H24N2O2. The molecule has 126 valence electrons. The number of hydrogen-bond donors (Lipinski definition) is 1. The first-order valence-corrected chi connectivity index (χ1v) is 8.43. The fourth-order valence-corrected chi connectivity index (χ4v) is 3.04. The minimum absolute atomic E-state index is 0.534. The van der Waals surface area contributed by atoms with E-state index in [1.807, 2.05) is 43.3 Å². The number of para-hydroxylation sites is 2. The van der Waals surface area contributed by atoms with Crippen LogP contribution in [-0.4, -0.2) is 21.3 Å². The van der Waals surface area contributed by atoms with E-state index in [1.165, 1.54) is 11.1 Å². The number of hydrogen-bond acceptors (Lipinski definition) is 3. The lowest BCUT2D eigenvalue weighted by Gasteiger charge is -2.14. The Balaban J connectivity index is 1.81. The van der Waals surface area contributed by atoms with Gasteiger partial charge >= 0.3 is 0 Å². The lowest BCUT2D eigenvalue weighted by molar-refractivity contribution is 0.157. The maximum atomic E-state index is 10.3. The van der Waals surface area contributed by atoms with Gasteiger partial charge in [-0.2, -0.15) is 0 Å². The van der Waals surface area contributed by atoms with Crippen molar-refractivity contribution in [3.8, 4) is 5.75 Å². The van der Waals surface area contributed by atoms with Crippen LogP contribution < -0.4 is 4.74 Å². The number of imidazole rings is 1. The number of benzene rings is 2. The van der Waals surface area contributed by atoms with E-state index >= 15 is 0 Å². The Labute approximate surface area is 142 Å². The highest BCUT2D eigenvalue weighted by Crippen LogP contribution is 2.23. The molecular weight excluding hydrogens is 300 g/mol. The van der Waals surface area contributed by atoms with Crippen LogP contribution in [0.1, 0.15) is 36.4 Å². The van der Waals surface area contributed by atoms with Gasteiger partial charge in [0.2, 0.25) is 0 Å². The van der Waals surface area contributed by atoms with Gasteiger partial charge in [0.25, 0.3) is 0 Å². The van der Waals surface area contributed by atoms with Crippen LogP contribution in [0.25, 0.3) is 11.0 Å². The Bertz CT molecular complexity index is 819. The van der Waals surface area contributed by atoms with E-state index in [4.69, 9.17) is 4.74 Å². The van der Waals surface area contributed by atoms with Crippen molar-refractivity contribution < 1.29 is 9.84 Å². The first-order valence-electron chi connectivity index (χ1n) is 8.43. The van der Waals surface area contributed by atoms with Crippen molar-refractivity contribution in [2.45, 2.75) is 39.8 Å². The Morgan fingerprint density at radius 3 is 2.54 bits per heavy atom. The number of aliphatic hydroxyl groups is 1. The first kappa shape index (κ1) is 16.5. The van der Waals surface area contributed by atoms with Crippen LogP contribution in [-0.2, 0) is 6.54 Å². The quantitative estimate of drug-likeness (QED) is 0.740. The van der Waals surface area contributed by atoms with E-state index in [-0.39, 0.29) is 0 Å². The van der Waals surface area contributed by atoms with Gasteiger partial charge in [-0.3, -0.25) is 0 Å². The predicted molar refractivity (Wildman–Crippen MR) is 96.4 cm³/mol. The summed E-state index contributed by atoms with van der Waals surface area (Å²) in [4.78, 5) is 4.59. The molecule has 4 heteroatoms. The van der Waals surface area contributed by atoms with E-state index < -0.39 is 6.10 Å². The topological polar surface area (TPSA) is 47.3 Å². The molecule has 4 nitrogen and oxygen atoms in total. The Morgan fingerprint density at radius 2 is 1.83 bits per heavy atom. The zero-order chi connectivity index (χ0) is 17.1. The normalized spacial score (nSPS) is 12.5. The molecule has 2 aromatic carbocycles. The van der Waals surface area contributed by atoms with Gasteiger partial charge in [0, 0.05) is 0 Å². The van der Waals surface area contributed by atoms with Crippen molar-refractivity contribution in [2.75, 3.05) is 6.61 Å². The molecule has 0 fully saturated rings. The lowest BCUT2D eigenvalue weighted by atomic mass is 10.1. The third-order valence-electron chi connectivity index (χ3n) is 4.15.